The Balaban J connectivity index is 2.03. The Kier molecular flexibility index (Phi) is 4.52. The molecule has 0 saturated carbocycles. The zero-order valence-corrected chi connectivity index (χ0v) is 10.6. The van der Waals surface area contributed by atoms with Crippen LogP contribution in [-0.4, -0.2) is 36.6 Å². The van der Waals surface area contributed by atoms with Crippen molar-refractivity contribution in [1.29, 1.82) is 0 Å². The van der Waals surface area contributed by atoms with E-state index in [1.807, 2.05) is 6.92 Å². The molecular weight excluding hydrogens is 230 g/mol. The number of rotatable bonds is 4. The Hall–Kier alpha value is -1.62. The van der Waals surface area contributed by atoms with Crippen molar-refractivity contribution in [1.82, 2.24) is 15.6 Å². The lowest BCUT2D eigenvalue weighted by atomic mass is 10.1. The molecular formula is C13H19N3O2. The quantitative estimate of drug-likeness (QED) is 0.834. The van der Waals surface area contributed by atoms with E-state index in [1.54, 1.807) is 18.3 Å². The van der Waals surface area contributed by atoms with Gasteiger partial charge in [0.25, 0.3) is 5.91 Å². The van der Waals surface area contributed by atoms with Gasteiger partial charge in [-0.05, 0) is 38.4 Å². The van der Waals surface area contributed by atoms with Gasteiger partial charge in [-0.25, -0.2) is 4.98 Å². The Morgan fingerprint density at radius 3 is 3.28 bits per heavy atom. The molecule has 0 spiro atoms. The summed E-state index contributed by atoms with van der Waals surface area (Å²) in [5.41, 5.74) is 0.366. The van der Waals surface area contributed by atoms with Crippen LogP contribution in [0.4, 0.5) is 0 Å². The monoisotopic (exact) mass is 249 g/mol. The number of pyridine rings is 1. The van der Waals surface area contributed by atoms with Gasteiger partial charge in [-0.15, -0.1) is 0 Å². The lowest BCUT2D eigenvalue weighted by molar-refractivity contribution is 0.0921. The molecule has 2 rings (SSSR count). The average Bonchev–Trinajstić information content (AvgIpc) is 2.41. The molecule has 1 atom stereocenters. The molecule has 2 heterocycles. The third-order valence-electron chi connectivity index (χ3n) is 2.92. The van der Waals surface area contributed by atoms with Crippen LogP contribution in [-0.2, 0) is 0 Å². The van der Waals surface area contributed by atoms with E-state index in [1.165, 1.54) is 0 Å². The molecule has 1 saturated heterocycles. The van der Waals surface area contributed by atoms with Crippen molar-refractivity contribution in [2.24, 2.45) is 0 Å². The summed E-state index contributed by atoms with van der Waals surface area (Å²) in [5.74, 6) is 0.383. The zero-order valence-electron chi connectivity index (χ0n) is 10.6. The zero-order chi connectivity index (χ0) is 12.8. The third-order valence-corrected chi connectivity index (χ3v) is 2.92. The molecule has 0 radical (unpaired) electrons. The normalized spacial score (nSPS) is 19.3. The molecule has 18 heavy (non-hydrogen) atoms. The van der Waals surface area contributed by atoms with Gasteiger partial charge >= 0.3 is 0 Å². The van der Waals surface area contributed by atoms with Crippen molar-refractivity contribution in [3.8, 4) is 5.75 Å². The number of aromatic nitrogens is 1. The Bertz CT molecular complexity index is 403. The van der Waals surface area contributed by atoms with Crippen LogP contribution in [0.2, 0.25) is 0 Å². The standard InChI is InChI=1S/C13H19N3O2/c1-2-18-11-6-4-8-15-12(11)13(17)16-10-5-3-7-14-9-10/h4,6,8,10,14H,2-3,5,7,9H2,1H3,(H,16,17)/t10-/m0/s1. The predicted molar refractivity (Wildman–Crippen MR) is 68.8 cm³/mol. The molecule has 1 aromatic rings. The molecule has 0 aliphatic carbocycles. The summed E-state index contributed by atoms with van der Waals surface area (Å²) in [7, 11) is 0. The Morgan fingerprint density at radius 2 is 2.56 bits per heavy atom. The first-order chi connectivity index (χ1) is 8.81. The fourth-order valence-electron chi connectivity index (χ4n) is 2.06. The van der Waals surface area contributed by atoms with E-state index in [-0.39, 0.29) is 11.9 Å². The average molecular weight is 249 g/mol. The first-order valence-electron chi connectivity index (χ1n) is 6.40. The highest BCUT2D eigenvalue weighted by Crippen LogP contribution is 2.15. The molecule has 1 amide bonds. The van der Waals surface area contributed by atoms with Crippen LogP contribution in [0.25, 0.3) is 0 Å². The van der Waals surface area contributed by atoms with Crippen molar-refractivity contribution in [3.63, 3.8) is 0 Å². The van der Waals surface area contributed by atoms with Crippen molar-refractivity contribution in [3.05, 3.63) is 24.0 Å². The molecule has 1 aromatic heterocycles. The molecule has 5 heteroatoms. The second-order valence-electron chi connectivity index (χ2n) is 4.30. The molecule has 0 bridgehead atoms. The van der Waals surface area contributed by atoms with Crippen molar-refractivity contribution >= 4 is 5.91 Å². The molecule has 0 aromatic carbocycles. The number of ether oxygens (including phenoxy) is 1. The van der Waals surface area contributed by atoms with Gasteiger partial charge in [0, 0.05) is 18.8 Å². The summed E-state index contributed by atoms with van der Waals surface area (Å²) in [5, 5.41) is 6.26. The number of amides is 1. The van der Waals surface area contributed by atoms with E-state index in [4.69, 9.17) is 4.74 Å². The van der Waals surface area contributed by atoms with Crippen molar-refractivity contribution in [2.45, 2.75) is 25.8 Å². The minimum Gasteiger partial charge on any atom is -0.491 e. The molecule has 98 valence electrons. The smallest absolute Gasteiger partial charge is 0.274 e. The predicted octanol–water partition coefficient (Wildman–Crippen LogP) is 0.962. The van der Waals surface area contributed by atoms with Crippen molar-refractivity contribution in [2.75, 3.05) is 19.7 Å². The summed E-state index contributed by atoms with van der Waals surface area (Å²) in [6, 6.07) is 3.72. The summed E-state index contributed by atoms with van der Waals surface area (Å²) >= 11 is 0. The van der Waals surface area contributed by atoms with Crippen LogP contribution in [0.15, 0.2) is 18.3 Å². The van der Waals surface area contributed by atoms with Gasteiger partial charge in [0.05, 0.1) is 6.61 Å². The van der Waals surface area contributed by atoms with E-state index in [9.17, 15) is 4.79 Å². The fourth-order valence-corrected chi connectivity index (χ4v) is 2.06. The number of carbonyl (C=O) groups excluding carboxylic acids is 1. The molecule has 2 N–H and O–H groups in total. The van der Waals surface area contributed by atoms with E-state index in [0.29, 0.717) is 18.1 Å². The Morgan fingerprint density at radius 1 is 1.67 bits per heavy atom. The summed E-state index contributed by atoms with van der Waals surface area (Å²) in [6.45, 7) is 4.26. The largest absolute Gasteiger partial charge is 0.491 e. The number of piperidine rings is 1. The second kappa shape index (κ2) is 6.35. The van der Waals surface area contributed by atoms with E-state index in [2.05, 4.69) is 15.6 Å². The van der Waals surface area contributed by atoms with Crippen LogP contribution >= 0.6 is 0 Å². The fraction of sp³-hybridized carbons (Fsp3) is 0.538. The minimum absolute atomic E-state index is 0.159. The second-order valence-corrected chi connectivity index (χ2v) is 4.30. The van der Waals surface area contributed by atoms with Crippen LogP contribution in [0, 0.1) is 0 Å². The van der Waals surface area contributed by atoms with Crippen LogP contribution in [0.1, 0.15) is 30.3 Å². The Labute approximate surface area is 107 Å². The summed E-state index contributed by atoms with van der Waals surface area (Å²) in [6.07, 6.45) is 3.71. The van der Waals surface area contributed by atoms with Gasteiger partial charge in [-0.2, -0.15) is 0 Å². The maximum atomic E-state index is 12.1. The molecule has 1 aliphatic rings. The van der Waals surface area contributed by atoms with E-state index in [0.717, 1.165) is 25.9 Å². The highest BCUT2D eigenvalue weighted by molar-refractivity contribution is 5.95. The van der Waals surface area contributed by atoms with Gasteiger partial charge in [0.15, 0.2) is 11.4 Å². The lowest BCUT2D eigenvalue weighted by Crippen LogP contribution is -2.45. The number of hydrogen-bond donors (Lipinski definition) is 2. The minimum atomic E-state index is -0.159. The summed E-state index contributed by atoms with van der Waals surface area (Å²) < 4.78 is 5.41. The third kappa shape index (κ3) is 3.20. The number of nitrogens with zero attached hydrogens (tertiary/aromatic N) is 1. The van der Waals surface area contributed by atoms with E-state index >= 15 is 0 Å². The first-order valence-corrected chi connectivity index (χ1v) is 6.40. The maximum Gasteiger partial charge on any atom is 0.274 e. The topological polar surface area (TPSA) is 63.2 Å². The SMILES string of the molecule is CCOc1cccnc1C(=O)N[C@H]1CCCNC1. The highest BCUT2D eigenvalue weighted by Gasteiger charge is 2.19. The maximum absolute atomic E-state index is 12.1. The van der Waals surface area contributed by atoms with Gasteiger partial charge in [0.2, 0.25) is 0 Å². The van der Waals surface area contributed by atoms with Gasteiger partial charge < -0.3 is 15.4 Å². The number of hydrogen-bond acceptors (Lipinski definition) is 4. The van der Waals surface area contributed by atoms with Gasteiger partial charge in [0.1, 0.15) is 0 Å². The van der Waals surface area contributed by atoms with E-state index < -0.39 is 0 Å². The van der Waals surface area contributed by atoms with Gasteiger partial charge in [-0.1, -0.05) is 0 Å². The van der Waals surface area contributed by atoms with Gasteiger partial charge in [-0.3, -0.25) is 4.79 Å². The van der Waals surface area contributed by atoms with Crippen LogP contribution in [0.5, 0.6) is 5.75 Å². The van der Waals surface area contributed by atoms with Crippen LogP contribution < -0.4 is 15.4 Å². The molecule has 1 fully saturated rings. The summed E-state index contributed by atoms with van der Waals surface area (Å²) in [4.78, 5) is 16.2. The number of nitrogens with one attached hydrogen (secondary N) is 2. The number of carbonyl (C=O) groups is 1. The lowest BCUT2D eigenvalue weighted by Gasteiger charge is -2.23. The van der Waals surface area contributed by atoms with Crippen molar-refractivity contribution < 1.29 is 9.53 Å². The highest BCUT2D eigenvalue weighted by atomic mass is 16.5. The van der Waals surface area contributed by atoms with Crippen LogP contribution in [0.3, 0.4) is 0 Å². The first kappa shape index (κ1) is 12.8. The molecule has 5 nitrogen and oxygen atoms in total. The molecule has 1 aliphatic heterocycles. The molecule has 0 unspecified atom stereocenters.